The highest BCUT2D eigenvalue weighted by atomic mass is 19.1. The summed E-state index contributed by atoms with van der Waals surface area (Å²) < 4.78 is 20.1. The van der Waals surface area contributed by atoms with E-state index in [1.54, 1.807) is 6.92 Å². The van der Waals surface area contributed by atoms with Crippen molar-refractivity contribution in [1.82, 2.24) is 19.8 Å². The van der Waals surface area contributed by atoms with Crippen molar-refractivity contribution >= 4 is 12.0 Å². The van der Waals surface area contributed by atoms with Crippen LogP contribution >= 0.6 is 0 Å². The number of amides is 2. The quantitative estimate of drug-likeness (QED) is 0.592. The fraction of sp³-hybridized carbons (Fsp3) is 0.333. The van der Waals surface area contributed by atoms with Crippen LogP contribution in [0.1, 0.15) is 41.8 Å². The second-order valence-electron chi connectivity index (χ2n) is 8.99. The molecule has 0 fully saturated rings. The Bertz CT molecular complexity index is 1370. The minimum absolute atomic E-state index is 0.109. The van der Waals surface area contributed by atoms with E-state index in [1.165, 1.54) is 39.3 Å². The molecule has 0 spiro atoms. The van der Waals surface area contributed by atoms with E-state index in [1.807, 2.05) is 18.2 Å². The minimum atomic E-state index is -0.464. The molecule has 0 radical (unpaired) electrons. The van der Waals surface area contributed by atoms with Crippen molar-refractivity contribution in [2.45, 2.75) is 45.3 Å². The van der Waals surface area contributed by atoms with Crippen LogP contribution in [0.4, 0.5) is 9.18 Å². The highest BCUT2D eigenvalue weighted by molar-refractivity contribution is 5.77. The van der Waals surface area contributed by atoms with E-state index in [0.29, 0.717) is 29.8 Å². The van der Waals surface area contributed by atoms with Crippen LogP contribution in [0.25, 0.3) is 11.4 Å². The molecule has 3 aromatic rings. The van der Waals surface area contributed by atoms with Gasteiger partial charge in [-0.1, -0.05) is 24.3 Å². The average Bonchev–Trinajstić information content (AvgIpc) is 3.28. The number of carbonyl (C=O) groups excluding carboxylic acids is 2. The summed E-state index contributed by atoms with van der Waals surface area (Å²) in [5.74, 6) is -0.462. The summed E-state index contributed by atoms with van der Waals surface area (Å²) in [4.78, 5) is 45.2. The summed E-state index contributed by atoms with van der Waals surface area (Å²) in [6.07, 6.45) is 1.53. The lowest BCUT2D eigenvalue weighted by atomic mass is 10.1. The van der Waals surface area contributed by atoms with Crippen LogP contribution in [-0.2, 0) is 35.5 Å². The molecule has 2 amide bonds. The van der Waals surface area contributed by atoms with Gasteiger partial charge in [-0.15, -0.1) is 0 Å². The van der Waals surface area contributed by atoms with Crippen LogP contribution in [0.3, 0.4) is 0 Å². The Balaban J connectivity index is 1.47. The zero-order valence-electron chi connectivity index (χ0n) is 20.0. The third kappa shape index (κ3) is 4.60. The highest BCUT2D eigenvalue weighted by Gasteiger charge is 2.29. The summed E-state index contributed by atoms with van der Waals surface area (Å²) in [5.41, 5.74) is 3.42. The van der Waals surface area contributed by atoms with Crippen LogP contribution < -0.4 is 10.9 Å². The highest BCUT2D eigenvalue weighted by Crippen LogP contribution is 2.30. The number of aryl methyl sites for hydroxylation is 1. The van der Waals surface area contributed by atoms with Gasteiger partial charge < -0.3 is 15.0 Å². The first-order valence-electron chi connectivity index (χ1n) is 12.1. The molecular formula is C27H27FN4O4. The minimum Gasteiger partial charge on any atom is -0.450 e. The molecule has 9 heteroatoms. The second kappa shape index (κ2) is 9.93. The molecule has 1 aliphatic carbocycles. The number of hydrogen-bond donors (Lipinski definition) is 1. The molecule has 8 nitrogen and oxygen atoms in total. The van der Waals surface area contributed by atoms with Crippen LogP contribution in [-0.4, -0.2) is 39.6 Å². The van der Waals surface area contributed by atoms with Crippen molar-refractivity contribution in [2.75, 3.05) is 13.2 Å². The predicted octanol–water partition coefficient (Wildman–Crippen LogP) is 3.37. The lowest BCUT2D eigenvalue weighted by Gasteiger charge is -2.28. The fourth-order valence-electron chi connectivity index (χ4n) is 4.95. The first kappa shape index (κ1) is 23.7. The number of rotatable bonds is 5. The number of carbonyl (C=O) groups is 2. The van der Waals surface area contributed by atoms with Crippen LogP contribution in [0.15, 0.2) is 53.3 Å². The molecule has 0 saturated heterocycles. The maximum atomic E-state index is 13.6. The number of benzene rings is 2. The standard InChI is InChI=1S/C27H27FN4O4/c1-2-36-27(35)31-14-13-21-23(15-31)30-25(18-7-10-19(28)11-8-18)32(26(21)34)16-24(33)29-22-12-9-17-5-3-4-6-20(17)22/h3-8,10-11,22H,2,9,12-16H2,1H3,(H,29,33)/t22-/m0/s1. The van der Waals surface area contributed by atoms with Gasteiger partial charge in [0.1, 0.15) is 18.2 Å². The molecule has 1 N–H and O–H groups in total. The van der Waals surface area contributed by atoms with E-state index in [0.717, 1.165) is 18.4 Å². The van der Waals surface area contributed by atoms with Gasteiger partial charge in [-0.25, -0.2) is 14.2 Å². The molecule has 1 aromatic heterocycles. The molecule has 186 valence electrons. The molecule has 0 unspecified atom stereocenters. The van der Waals surface area contributed by atoms with Crippen LogP contribution in [0.2, 0.25) is 0 Å². The summed E-state index contributed by atoms with van der Waals surface area (Å²) >= 11 is 0. The van der Waals surface area contributed by atoms with Gasteiger partial charge in [0, 0.05) is 17.7 Å². The summed E-state index contributed by atoms with van der Waals surface area (Å²) in [6.45, 7) is 2.21. The van der Waals surface area contributed by atoms with E-state index in [4.69, 9.17) is 9.72 Å². The second-order valence-corrected chi connectivity index (χ2v) is 8.99. The number of fused-ring (bicyclic) bond motifs is 2. The van der Waals surface area contributed by atoms with Crippen molar-refractivity contribution in [3.05, 3.63) is 87.1 Å². The molecule has 1 atom stereocenters. The first-order valence-corrected chi connectivity index (χ1v) is 12.1. The monoisotopic (exact) mass is 490 g/mol. The summed E-state index contributed by atoms with van der Waals surface area (Å²) in [7, 11) is 0. The predicted molar refractivity (Wildman–Crippen MR) is 131 cm³/mol. The Morgan fingerprint density at radius 3 is 2.69 bits per heavy atom. The van der Waals surface area contributed by atoms with Crippen molar-refractivity contribution in [1.29, 1.82) is 0 Å². The zero-order valence-corrected chi connectivity index (χ0v) is 20.0. The first-order chi connectivity index (χ1) is 17.4. The zero-order chi connectivity index (χ0) is 25.2. The van der Waals surface area contributed by atoms with Gasteiger partial charge in [-0.2, -0.15) is 0 Å². The third-order valence-corrected chi connectivity index (χ3v) is 6.72. The molecule has 2 aromatic carbocycles. The lowest BCUT2D eigenvalue weighted by Crippen LogP contribution is -2.42. The molecule has 36 heavy (non-hydrogen) atoms. The van der Waals surface area contributed by atoms with Crippen LogP contribution in [0, 0.1) is 5.82 Å². The average molecular weight is 491 g/mol. The third-order valence-electron chi connectivity index (χ3n) is 6.72. The number of halogens is 1. The fourth-order valence-corrected chi connectivity index (χ4v) is 4.95. The summed E-state index contributed by atoms with van der Waals surface area (Å²) in [5, 5.41) is 3.06. The number of aromatic nitrogens is 2. The van der Waals surface area contributed by atoms with Gasteiger partial charge in [0.25, 0.3) is 5.56 Å². The Kier molecular flexibility index (Phi) is 6.54. The molecule has 2 aliphatic rings. The van der Waals surface area contributed by atoms with Gasteiger partial charge in [-0.3, -0.25) is 14.2 Å². The van der Waals surface area contributed by atoms with Crippen molar-refractivity contribution in [3.63, 3.8) is 0 Å². The van der Waals surface area contributed by atoms with Crippen LogP contribution in [0.5, 0.6) is 0 Å². The molecule has 0 bridgehead atoms. The van der Waals surface area contributed by atoms with E-state index in [2.05, 4.69) is 11.4 Å². The van der Waals surface area contributed by atoms with E-state index >= 15 is 0 Å². The number of hydrogen-bond acceptors (Lipinski definition) is 5. The maximum Gasteiger partial charge on any atom is 0.410 e. The molecule has 0 saturated carbocycles. The number of ether oxygens (including phenoxy) is 1. The maximum absolute atomic E-state index is 13.6. The van der Waals surface area contributed by atoms with Gasteiger partial charge in [-0.05, 0) is 61.6 Å². The van der Waals surface area contributed by atoms with Gasteiger partial charge >= 0.3 is 6.09 Å². The van der Waals surface area contributed by atoms with E-state index < -0.39 is 11.9 Å². The van der Waals surface area contributed by atoms with Crippen molar-refractivity contribution < 1.29 is 18.7 Å². The lowest BCUT2D eigenvalue weighted by molar-refractivity contribution is -0.122. The van der Waals surface area contributed by atoms with E-state index in [9.17, 15) is 18.8 Å². The molecular weight excluding hydrogens is 463 g/mol. The SMILES string of the molecule is CCOC(=O)N1CCc2c(nc(-c3ccc(F)cc3)n(CC(=O)N[C@H]3CCc4ccccc43)c2=O)C1. The summed E-state index contributed by atoms with van der Waals surface area (Å²) in [6, 6.07) is 13.5. The topological polar surface area (TPSA) is 93.5 Å². The Morgan fingerprint density at radius 2 is 1.92 bits per heavy atom. The molecule has 2 heterocycles. The number of nitrogens with zero attached hydrogens (tertiary/aromatic N) is 3. The number of nitrogens with one attached hydrogen (secondary N) is 1. The van der Waals surface area contributed by atoms with Gasteiger partial charge in [0.05, 0.1) is 24.9 Å². The molecule has 1 aliphatic heterocycles. The van der Waals surface area contributed by atoms with Crippen molar-refractivity contribution in [2.24, 2.45) is 0 Å². The smallest absolute Gasteiger partial charge is 0.410 e. The van der Waals surface area contributed by atoms with Gasteiger partial charge in [0.15, 0.2) is 0 Å². The Morgan fingerprint density at radius 1 is 1.14 bits per heavy atom. The Labute approximate surface area is 207 Å². The molecule has 5 rings (SSSR count). The normalized spacial score (nSPS) is 16.3. The van der Waals surface area contributed by atoms with Gasteiger partial charge in [0.2, 0.25) is 5.91 Å². The van der Waals surface area contributed by atoms with Crippen molar-refractivity contribution in [3.8, 4) is 11.4 Å². The van der Waals surface area contributed by atoms with E-state index in [-0.39, 0.29) is 43.0 Å². The Hall–Kier alpha value is -4.01. The largest absolute Gasteiger partial charge is 0.450 e.